The van der Waals surface area contributed by atoms with Gasteiger partial charge in [0.05, 0.1) is 4.90 Å². The van der Waals surface area contributed by atoms with Gasteiger partial charge < -0.3 is 5.11 Å². The number of halogens is 1. The van der Waals surface area contributed by atoms with E-state index >= 15 is 0 Å². The highest BCUT2D eigenvalue weighted by molar-refractivity contribution is 7.89. The summed E-state index contributed by atoms with van der Waals surface area (Å²) in [7, 11) is -3.52. The van der Waals surface area contributed by atoms with E-state index in [1.54, 1.807) is 29.4 Å². The Labute approximate surface area is 125 Å². The molecular weight excluding hydrogens is 298 g/mol. The normalized spacial score (nSPS) is 21.1. The van der Waals surface area contributed by atoms with Crippen molar-refractivity contribution in [3.8, 4) is 0 Å². The summed E-state index contributed by atoms with van der Waals surface area (Å²) in [5.41, 5.74) is 0.658. The molecule has 0 bridgehead atoms. The van der Waals surface area contributed by atoms with Crippen LogP contribution < -0.4 is 0 Å². The molecule has 20 heavy (non-hydrogen) atoms. The number of aliphatic hydroxyl groups is 1. The van der Waals surface area contributed by atoms with E-state index in [9.17, 15) is 8.42 Å². The molecule has 4 nitrogen and oxygen atoms in total. The maximum atomic E-state index is 12.8. The first-order valence-electron chi connectivity index (χ1n) is 6.85. The summed E-state index contributed by atoms with van der Waals surface area (Å²) in [4.78, 5) is 0.312. The average Bonchev–Trinajstić information content (AvgIpc) is 2.39. The number of piperidine rings is 1. The van der Waals surface area contributed by atoms with E-state index in [1.807, 2.05) is 0 Å². The Morgan fingerprint density at radius 1 is 1.40 bits per heavy atom. The summed E-state index contributed by atoms with van der Waals surface area (Å²) in [6.07, 6.45) is 3.18. The molecule has 1 heterocycles. The van der Waals surface area contributed by atoms with Gasteiger partial charge in [-0.3, -0.25) is 0 Å². The average molecular weight is 318 g/mol. The van der Waals surface area contributed by atoms with Crippen LogP contribution in [0, 0.1) is 6.92 Å². The Balaban J connectivity index is 2.37. The lowest BCUT2D eigenvalue weighted by Crippen LogP contribution is -2.44. The van der Waals surface area contributed by atoms with Gasteiger partial charge in [-0.2, -0.15) is 4.31 Å². The number of aliphatic hydroxyl groups excluding tert-OH is 1. The second kappa shape index (κ2) is 6.43. The smallest absolute Gasteiger partial charge is 0.243 e. The van der Waals surface area contributed by atoms with Crippen molar-refractivity contribution in [1.82, 2.24) is 4.31 Å². The molecule has 1 aliphatic heterocycles. The molecule has 0 amide bonds. The van der Waals surface area contributed by atoms with Crippen molar-refractivity contribution in [3.63, 3.8) is 0 Å². The monoisotopic (exact) mass is 317 g/mol. The standard InChI is InChI=1S/C14H20ClNO3S/c1-11-10-12(15)5-6-14(11)20(18,19)16-8-3-2-4-13(16)7-9-17/h5-6,10,13,17H,2-4,7-9H2,1H3. The minimum absolute atomic E-state index is 0.0102. The Morgan fingerprint density at radius 2 is 2.15 bits per heavy atom. The first kappa shape index (κ1) is 15.8. The van der Waals surface area contributed by atoms with Crippen molar-refractivity contribution >= 4 is 21.6 Å². The Kier molecular flexibility index (Phi) is 5.07. The lowest BCUT2D eigenvalue weighted by Gasteiger charge is -2.34. The molecule has 6 heteroatoms. The molecule has 1 aromatic rings. The van der Waals surface area contributed by atoms with Crippen LogP contribution in [0.5, 0.6) is 0 Å². The molecule has 1 atom stereocenters. The Morgan fingerprint density at radius 3 is 2.80 bits per heavy atom. The van der Waals surface area contributed by atoms with Crippen LogP contribution in [-0.2, 0) is 10.0 Å². The first-order chi connectivity index (χ1) is 9.46. The summed E-state index contributed by atoms with van der Waals surface area (Å²) in [5, 5.41) is 9.66. The molecule has 0 aliphatic carbocycles. The SMILES string of the molecule is Cc1cc(Cl)ccc1S(=O)(=O)N1CCCCC1CCO. The van der Waals surface area contributed by atoms with Gasteiger partial charge in [-0.15, -0.1) is 0 Å². The van der Waals surface area contributed by atoms with Gasteiger partial charge in [0.2, 0.25) is 10.0 Å². The summed E-state index contributed by atoms with van der Waals surface area (Å²) < 4.78 is 27.2. The fourth-order valence-electron chi connectivity index (χ4n) is 2.76. The quantitative estimate of drug-likeness (QED) is 0.928. The number of hydrogen-bond donors (Lipinski definition) is 1. The first-order valence-corrected chi connectivity index (χ1v) is 8.67. The van der Waals surface area contributed by atoms with Gasteiger partial charge in [0.15, 0.2) is 0 Å². The van der Waals surface area contributed by atoms with Gasteiger partial charge in [-0.1, -0.05) is 18.0 Å². The third-order valence-corrected chi connectivity index (χ3v) is 6.11. The fraction of sp³-hybridized carbons (Fsp3) is 0.571. The summed E-state index contributed by atoms with van der Waals surface area (Å²) in [6.45, 7) is 2.29. The third kappa shape index (κ3) is 3.17. The molecule has 112 valence electrons. The number of nitrogens with zero attached hydrogens (tertiary/aromatic N) is 1. The van der Waals surface area contributed by atoms with Gasteiger partial charge in [-0.05, 0) is 49.9 Å². The predicted molar refractivity (Wildman–Crippen MR) is 79.4 cm³/mol. The lowest BCUT2D eigenvalue weighted by atomic mass is 10.0. The Hall–Kier alpha value is -0.620. The molecule has 1 aromatic carbocycles. The van der Waals surface area contributed by atoms with Crippen molar-refractivity contribution in [2.45, 2.75) is 43.5 Å². The largest absolute Gasteiger partial charge is 0.396 e. The van der Waals surface area contributed by atoms with Crippen LogP contribution in [0.3, 0.4) is 0 Å². The highest BCUT2D eigenvalue weighted by Gasteiger charge is 2.33. The number of sulfonamides is 1. The van der Waals surface area contributed by atoms with Crippen LogP contribution in [0.2, 0.25) is 5.02 Å². The van der Waals surface area contributed by atoms with E-state index < -0.39 is 10.0 Å². The van der Waals surface area contributed by atoms with E-state index in [2.05, 4.69) is 0 Å². The van der Waals surface area contributed by atoms with Gasteiger partial charge in [-0.25, -0.2) is 8.42 Å². The van der Waals surface area contributed by atoms with Crippen molar-refractivity contribution < 1.29 is 13.5 Å². The molecule has 1 saturated heterocycles. The van der Waals surface area contributed by atoms with Crippen LogP contribution in [0.15, 0.2) is 23.1 Å². The number of benzene rings is 1. The van der Waals surface area contributed by atoms with Gasteiger partial charge in [0.25, 0.3) is 0 Å². The zero-order chi connectivity index (χ0) is 14.8. The number of rotatable bonds is 4. The minimum Gasteiger partial charge on any atom is -0.396 e. The molecule has 0 saturated carbocycles. The topological polar surface area (TPSA) is 57.6 Å². The van der Waals surface area contributed by atoms with E-state index in [-0.39, 0.29) is 12.6 Å². The molecular formula is C14H20ClNO3S. The van der Waals surface area contributed by atoms with Crippen LogP contribution in [0.1, 0.15) is 31.2 Å². The highest BCUT2D eigenvalue weighted by Crippen LogP contribution is 2.29. The fourth-order valence-corrected chi connectivity index (χ4v) is 4.91. The zero-order valence-electron chi connectivity index (χ0n) is 11.5. The summed E-state index contributed by atoms with van der Waals surface area (Å²) in [5.74, 6) is 0. The number of aryl methyl sites for hydroxylation is 1. The van der Waals surface area contributed by atoms with Crippen LogP contribution in [0.25, 0.3) is 0 Å². The summed E-state index contributed by atoms with van der Waals surface area (Å²) >= 11 is 5.89. The molecule has 0 radical (unpaired) electrons. The summed E-state index contributed by atoms with van der Waals surface area (Å²) in [6, 6.07) is 4.73. The van der Waals surface area contributed by atoms with Crippen LogP contribution in [-0.4, -0.2) is 37.0 Å². The predicted octanol–water partition coefficient (Wildman–Crippen LogP) is 2.57. The number of hydrogen-bond acceptors (Lipinski definition) is 3. The lowest BCUT2D eigenvalue weighted by molar-refractivity contribution is 0.192. The maximum absolute atomic E-state index is 12.8. The molecule has 1 fully saturated rings. The zero-order valence-corrected chi connectivity index (χ0v) is 13.1. The van der Waals surface area contributed by atoms with Crippen molar-refractivity contribution in [2.24, 2.45) is 0 Å². The van der Waals surface area contributed by atoms with Crippen molar-refractivity contribution in [3.05, 3.63) is 28.8 Å². The molecule has 1 aliphatic rings. The molecule has 0 spiro atoms. The van der Waals surface area contributed by atoms with Crippen molar-refractivity contribution in [1.29, 1.82) is 0 Å². The van der Waals surface area contributed by atoms with Gasteiger partial charge in [0.1, 0.15) is 0 Å². The highest BCUT2D eigenvalue weighted by atomic mass is 35.5. The third-order valence-electron chi connectivity index (χ3n) is 3.76. The van der Waals surface area contributed by atoms with Gasteiger partial charge >= 0.3 is 0 Å². The van der Waals surface area contributed by atoms with Gasteiger partial charge in [0, 0.05) is 24.2 Å². The second-order valence-electron chi connectivity index (χ2n) is 5.19. The van der Waals surface area contributed by atoms with E-state index in [4.69, 9.17) is 16.7 Å². The molecule has 2 rings (SSSR count). The maximum Gasteiger partial charge on any atom is 0.243 e. The molecule has 1 N–H and O–H groups in total. The van der Waals surface area contributed by atoms with Crippen LogP contribution in [0.4, 0.5) is 0 Å². The second-order valence-corrected chi connectivity index (χ2v) is 7.48. The molecule has 1 unspecified atom stereocenters. The minimum atomic E-state index is -3.52. The van der Waals surface area contributed by atoms with E-state index in [0.29, 0.717) is 28.4 Å². The van der Waals surface area contributed by atoms with Crippen molar-refractivity contribution in [2.75, 3.05) is 13.2 Å². The Bertz CT molecular complexity index is 572. The molecule has 0 aromatic heterocycles. The van der Waals surface area contributed by atoms with Crippen LogP contribution >= 0.6 is 11.6 Å². The van der Waals surface area contributed by atoms with E-state index in [1.165, 1.54) is 0 Å². The van der Waals surface area contributed by atoms with E-state index in [0.717, 1.165) is 19.3 Å².